The molecule has 1 atom stereocenters. The number of azide groups is 1. The number of anilines is 2. The lowest BCUT2D eigenvalue weighted by Crippen LogP contribution is -2.22. The van der Waals surface area contributed by atoms with Gasteiger partial charge in [0.1, 0.15) is 0 Å². The fraction of sp³-hybridized carbons (Fsp3) is 0.444. The molecule has 0 fully saturated rings. The molecule has 0 aliphatic carbocycles. The predicted molar refractivity (Wildman–Crippen MR) is 145 cm³/mol. The van der Waals surface area contributed by atoms with E-state index in [0.29, 0.717) is 5.56 Å². The van der Waals surface area contributed by atoms with E-state index in [4.69, 9.17) is 17.1 Å². The Morgan fingerprint density at radius 2 is 1.91 bits per heavy atom. The Morgan fingerprint density at radius 3 is 2.53 bits per heavy atom. The third-order valence-corrected chi connectivity index (χ3v) is 6.61. The minimum absolute atomic E-state index is 0.145. The lowest BCUT2D eigenvalue weighted by Gasteiger charge is -2.30. The van der Waals surface area contributed by atoms with Crippen molar-refractivity contribution in [3.8, 4) is 0 Å². The molecule has 2 aromatic carbocycles. The molecule has 1 N–H and O–H groups in total. The highest BCUT2D eigenvalue weighted by Gasteiger charge is 2.26. The van der Waals surface area contributed by atoms with E-state index in [2.05, 4.69) is 60.9 Å². The minimum Gasteiger partial charge on any atom is -0.385 e. The molecule has 1 amide bonds. The van der Waals surface area contributed by atoms with Gasteiger partial charge in [0.15, 0.2) is 0 Å². The molecule has 2 rings (SSSR count). The fourth-order valence-electron chi connectivity index (χ4n) is 4.08. The molecule has 0 saturated carbocycles. The molecule has 0 saturated heterocycles. The second kappa shape index (κ2) is 13.1. The summed E-state index contributed by atoms with van der Waals surface area (Å²) in [6.07, 6.45) is 6.76. The van der Waals surface area contributed by atoms with E-state index in [-0.39, 0.29) is 5.41 Å². The largest absolute Gasteiger partial charge is 0.385 e. The van der Waals surface area contributed by atoms with Gasteiger partial charge in [-0.2, -0.15) is 0 Å². The van der Waals surface area contributed by atoms with Crippen molar-refractivity contribution in [2.45, 2.75) is 59.3 Å². The van der Waals surface area contributed by atoms with E-state index < -0.39 is 5.91 Å². The zero-order valence-corrected chi connectivity index (χ0v) is 21.7. The predicted octanol–water partition coefficient (Wildman–Crippen LogP) is 8.23. The van der Waals surface area contributed by atoms with E-state index in [1.165, 1.54) is 5.56 Å². The standard InChI is InChI=1S/C27H36ClN5O/c1-6-17-30-25-15-13-21(28)18-24(25)27(5,7-2)16-10-11-20-12-14-22(33(8-3)9-4)19-23(20)26(34)31-32-29/h10-15,18-19,30H,6-9,16-17H2,1-5H3/b11-10+. The highest BCUT2D eigenvalue weighted by atomic mass is 35.5. The molecule has 7 heteroatoms. The van der Waals surface area contributed by atoms with Gasteiger partial charge in [0.05, 0.1) is 0 Å². The normalized spacial score (nSPS) is 12.8. The molecule has 182 valence electrons. The number of rotatable bonds is 12. The quantitative estimate of drug-likeness (QED) is 0.188. The molecule has 0 aliphatic rings. The third kappa shape index (κ3) is 6.78. The van der Waals surface area contributed by atoms with Crippen LogP contribution in [0.25, 0.3) is 16.5 Å². The topological polar surface area (TPSA) is 81.1 Å². The molecule has 0 bridgehead atoms. The van der Waals surface area contributed by atoms with Crippen LogP contribution in [0.5, 0.6) is 0 Å². The Labute approximate surface area is 208 Å². The lowest BCUT2D eigenvalue weighted by atomic mass is 9.76. The molecule has 1 unspecified atom stereocenters. The Kier molecular flexibility index (Phi) is 10.5. The van der Waals surface area contributed by atoms with Crippen LogP contribution in [0.4, 0.5) is 11.4 Å². The number of carbonyl (C=O) groups is 1. The maximum atomic E-state index is 12.5. The first-order chi connectivity index (χ1) is 16.3. The van der Waals surface area contributed by atoms with Gasteiger partial charge in [-0.1, -0.05) is 50.6 Å². The summed E-state index contributed by atoms with van der Waals surface area (Å²) >= 11 is 6.37. The van der Waals surface area contributed by atoms with Gasteiger partial charge in [-0.25, -0.2) is 0 Å². The number of hydrogen-bond acceptors (Lipinski definition) is 3. The summed E-state index contributed by atoms with van der Waals surface area (Å²) in [4.78, 5) is 17.4. The molecule has 6 nitrogen and oxygen atoms in total. The molecule has 0 aliphatic heterocycles. The van der Waals surface area contributed by atoms with Gasteiger partial charge in [0, 0.05) is 46.5 Å². The average Bonchev–Trinajstić information content (AvgIpc) is 2.84. The molecule has 2 aromatic rings. The fourth-order valence-corrected chi connectivity index (χ4v) is 4.25. The van der Waals surface area contributed by atoms with Crippen molar-refractivity contribution in [2.75, 3.05) is 29.9 Å². The van der Waals surface area contributed by atoms with Crippen molar-refractivity contribution in [3.63, 3.8) is 0 Å². The number of nitrogens with one attached hydrogen (secondary N) is 1. The van der Waals surface area contributed by atoms with Crippen molar-refractivity contribution in [1.82, 2.24) is 0 Å². The second-order valence-electron chi connectivity index (χ2n) is 8.58. The molecular formula is C27H36ClN5O. The zero-order valence-electron chi connectivity index (χ0n) is 20.9. The smallest absolute Gasteiger partial charge is 0.249 e. The SMILES string of the molecule is CCCNc1ccc(Cl)cc1C(C)(CC)C/C=C/c1ccc(N(CC)CC)cc1C(=O)N=[N+]=[N-]. The van der Waals surface area contributed by atoms with E-state index in [1.54, 1.807) is 0 Å². The first-order valence-corrected chi connectivity index (χ1v) is 12.4. The summed E-state index contributed by atoms with van der Waals surface area (Å²) < 4.78 is 0. The van der Waals surface area contributed by atoms with Crippen LogP contribution in [-0.2, 0) is 5.41 Å². The number of benzene rings is 2. The van der Waals surface area contributed by atoms with Gasteiger partial charge in [0.25, 0.3) is 0 Å². The van der Waals surface area contributed by atoms with Gasteiger partial charge in [-0.05, 0) is 90.6 Å². The molecule has 0 aromatic heterocycles. The van der Waals surface area contributed by atoms with Gasteiger partial charge in [-0.15, -0.1) is 0 Å². The number of halogens is 1. The summed E-state index contributed by atoms with van der Waals surface area (Å²) in [6, 6.07) is 11.7. The van der Waals surface area contributed by atoms with Crippen LogP contribution < -0.4 is 10.2 Å². The van der Waals surface area contributed by atoms with Crippen LogP contribution in [0.1, 0.15) is 75.4 Å². The summed E-state index contributed by atoms with van der Waals surface area (Å²) in [5, 5.41) is 7.59. The van der Waals surface area contributed by atoms with Crippen LogP contribution in [0.3, 0.4) is 0 Å². The van der Waals surface area contributed by atoms with Crippen LogP contribution in [0, 0.1) is 0 Å². The molecule has 0 spiro atoms. The van der Waals surface area contributed by atoms with Gasteiger partial charge < -0.3 is 10.2 Å². The first-order valence-electron chi connectivity index (χ1n) is 12.0. The Morgan fingerprint density at radius 1 is 1.18 bits per heavy atom. The van der Waals surface area contributed by atoms with Crippen molar-refractivity contribution in [2.24, 2.45) is 5.11 Å². The maximum Gasteiger partial charge on any atom is 0.249 e. The monoisotopic (exact) mass is 481 g/mol. The van der Waals surface area contributed by atoms with Crippen LogP contribution in [0.15, 0.2) is 47.6 Å². The first kappa shape index (κ1) is 27.3. The molecule has 0 radical (unpaired) electrons. The third-order valence-electron chi connectivity index (χ3n) is 6.37. The second-order valence-corrected chi connectivity index (χ2v) is 9.01. The Hall–Kier alpha value is -2.95. The van der Waals surface area contributed by atoms with E-state index in [9.17, 15) is 4.79 Å². The van der Waals surface area contributed by atoms with Crippen molar-refractivity contribution in [3.05, 3.63) is 74.6 Å². The molecule has 0 heterocycles. The number of hydrogen-bond donors (Lipinski definition) is 1. The van der Waals surface area contributed by atoms with E-state index in [0.717, 1.165) is 60.9 Å². The minimum atomic E-state index is -0.574. The van der Waals surface area contributed by atoms with Gasteiger partial charge >= 0.3 is 0 Å². The lowest BCUT2D eigenvalue weighted by molar-refractivity contribution is 0.1000. The molecule has 34 heavy (non-hydrogen) atoms. The summed E-state index contributed by atoms with van der Waals surface area (Å²) in [5.74, 6) is -0.574. The van der Waals surface area contributed by atoms with Crippen LogP contribution in [-0.4, -0.2) is 25.5 Å². The van der Waals surface area contributed by atoms with Crippen molar-refractivity contribution < 1.29 is 4.79 Å². The van der Waals surface area contributed by atoms with Crippen molar-refractivity contribution >= 4 is 35.0 Å². The zero-order chi connectivity index (χ0) is 25.1. The Balaban J connectivity index is 2.41. The maximum absolute atomic E-state index is 12.5. The Bertz CT molecular complexity index is 1060. The van der Waals surface area contributed by atoms with Crippen molar-refractivity contribution in [1.29, 1.82) is 0 Å². The van der Waals surface area contributed by atoms with E-state index >= 15 is 0 Å². The van der Waals surface area contributed by atoms with Crippen LogP contribution >= 0.6 is 11.6 Å². The van der Waals surface area contributed by atoms with E-state index in [1.807, 2.05) is 42.5 Å². The summed E-state index contributed by atoms with van der Waals surface area (Å²) in [5.41, 5.74) is 13.0. The number of allylic oxidation sites excluding steroid dienone is 1. The summed E-state index contributed by atoms with van der Waals surface area (Å²) in [7, 11) is 0. The summed E-state index contributed by atoms with van der Waals surface area (Å²) in [6.45, 7) is 13.2. The van der Waals surface area contributed by atoms with Gasteiger partial charge in [0.2, 0.25) is 5.91 Å². The van der Waals surface area contributed by atoms with Gasteiger partial charge in [-0.3, -0.25) is 4.79 Å². The van der Waals surface area contributed by atoms with Crippen LogP contribution in [0.2, 0.25) is 5.02 Å². The highest BCUT2D eigenvalue weighted by Crippen LogP contribution is 2.38. The number of carbonyl (C=O) groups excluding carboxylic acids is 1. The highest BCUT2D eigenvalue weighted by molar-refractivity contribution is 6.30. The number of nitrogens with zero attached hydrogens (tertiary/aromatic N) is 4. The number of amides is 1. The molecular weight excluding hydrogens is 446 g/mol. The average molecular weight is 482 g/mol.